The van der Waals surface area contributed by atoms with Crippen LogP contribution in [0.3, 0.4) is 0 Å². The molecule has 84 heavy (non-hydrogen) atoms. The summed E-state index contributed by atoms with van der Waals surface area (Å²) in [6.07, 6.45) is -0.689. The zero-order valence-electron chi connectivity index (χ0n) is 53.1. The highest BCUT2D eigenvalue weighted by molar-refractivity contribution is 5.98. The molecule has 3 rings (SSSR count). The number of benzene rings is 2. The Balaban J connectivity index is 1.71. The Morgan fingerprint density at radius 3 is 1.92 bits per heavy atom. The Bertz CT molecular complexity index is 2440. The molecule has 1 heterocycles. The highest BCUT2D eigenvalue weighted by atomic mass is 16.6. The van der Waals surface area contributed by atoms with E-state index in [-0.39, 0.29) is 61.1 Å². The quantitative estimate of drug-likeness (QED) is 0.0399. The van der Waals surface area contributed by atoms with Crippen molar-refractivity contribution in [2.24, 2.45) is 35.3 Å². The average Bonchev–Trinajstić information content (AvgIpc) is 3.83. The Labute approximate surface area is 499 Å². The summed E-state index contributed by atoms with van der Waals surface area (Å²) in [5.41, 5.74) is 6.53. The number of nitrogens with one attached hydrogen (secondary N) is 6. The second-order valence-electron chi connectivity index (χ2n) is 24.6. The second-order valence-corrected chi connectivity index (χ2v) is 24.6. The van der Waals surface area contributed by atoms with Crippen LogP contribution in [0.25, 0.3) is 0 Å². The maximum Gasteiger partial charge on any atom is 0.410 e. The van der Waals surface area contributed by atoms with E-state index in [1.807, 2.05) is 80.5 Å². The molecule has 0 aliphatic carbocycles. The van der Waals surface area contributed by atoms with E-state index in [1.54, 1.807) is 80.9 Å². The van der Waals surface area contributed by atoms with Crippen LogP contribution in [0.1, 0.15) is 146 Å². The number of amides is 9. The van der Waals surface area contributed by atoms with Gasteiger partial charge in [-0.2, -0.15) is 0 Å². The number of carbonyl (C=O) groups excluding carboxylic acids is 8. The highest BCUT2D eigenvalue weighted by Crippen LogP contribution is 2.30. The number of carbonyl (C=O) groups is 8. The van der Waals surface area contributed by atoms with Crippen LogP contribution in [0.4, 0.5) is 15.3 Å². The van der Waals surface area contributed by atoms with Crippen molar-refractivity contribution in [3.05, 3.63) is 65.7 Å². The van der Waals surface area contributed by atoms with Gasteiger partial charge >= 0.3 is 12.1 Å². The number of urea groups is 1. The van der Waals surface area contributed by atoms with Crippen molar-refractivity contribution < 1.29 is 57.7 Å². The minimum atomic E-state index is -1.05. The predicted octanol–water partition coefficient (Wildman–Crippen LogP) is 5.86. The van der Waals surface area contributed by atoms with E-state index in [9.17, 15) is 43.5 Å². The Hall–Kier alpha value is -6.36. The van der Waals surface area contributed by atoms with Crippen molar-refractivity contribution in [1.29, 1.82) is 0 Å². The fraction of sp³-hybridized carbons (Fsp3) is 0.677. The minimum absolute atomic E-state index is 0.0740. The zero-order valence-corrected chi connectivity index (χ0v) is 53.1. The molecule has 1 aliphatic rings. The number of nitrogens with two attached hydrogens (primary N) is 1. The van der Waals surface area contributed by atoms with E-state index in [2.05, 4.69) is 31.9 Å². The Kier molecular flexibility index (Phi) is 29.1. The van der Waals surface area contributed by atoms with Crippen LogP contribution in [0, 0.1) is 29.6 Å². The highest BCUT2D eigenvalue weighted by Gasteiger charge is 2.44. The van der Waals surface area contributed by atoms with Gasteiger partial charge < -0.3 is 66.8 Å². The number of aliphatic hydroxyl groups excluding tert-OH is 1. The molecule has 0 spiro atoms. The summed E-state index contributed by atoms with van der Waals surface area (Å²) in [7, 11) is 6.14. The van der Waals surface area contributed by atoms with Crippen LogP contribution < -0.4 is 37.6 Å². The van der Waals surface area contributed by atoms with Crippen LogP contribution in [-0.4, -0.2) is 169 Å². The molecular formula is C62H102N10O12. The predicted molar refractivity (Wildman–Crippen MR) is 324 cm³/mol. The number of anilines is 1. The molecular weight excluding hydrogens is 1080 g/mol. The lowest BCUT2D eigenvalue weighted by Crippen LogP contribution is -2.60. The van der Waals surface area contributed by atoms with E-state index >= 15 is 0 Å². The third-order valence-electron chi connectivity index (χ3n) is 15.8. The van der Waals surface area contributed by atoms with Gasteiger partial charge in [0.25, 0.3) is 0 Å². The Morgan fingerprint density at radius 2 is 1.38 bits per heavy atom. The number of likely N-dealkylation sites (N-methyl/N-ethyl adjacent to an activating group) is 2. The molecule has 1 saturated heterocycles. The minimum Gasteiger partial charge on any atom is -0.445 e. The fourth-order valence-corrected chi connectivity index (χ4v) is 10.9. The number of hydrogen-bond acceptors (Lipinski definition) is 13. The first-order valence-electron chi connectivity index (χ1n) is 29.7. The molecule has 9 amide bonds. The fourth-order valence-electron chi connectivity index (χ4n) is 10.9. The van der Waals surface area contributed by atoms with Crippen molar-refractivity contribution in [3.63, 3.8) is 0 Å². The van der Waals surface area contributed by atoms with Crippen molar-refractivity contribution in [2.45, 2.75) is 201 Å². The summed E-state index contributed by atoms with van der Waals surface area (Å²) < 4.78 is 17.7. The molecule has 0 saturated carbocycles. The number of ether oxygens (including phenoxy) is 3. The molecule has 2 aromatic rings. The summed E-state index contributed by atoms with van der Waals surface area (Å²) in [4.78, 5) is 114. The number of rotatable bonds is 32. The van der Waals surface area contributed by atoms with Crippen molar-refractivity contribution in [1.82, 2.24) is 41.3 Å². The molecule has 22 nitrogen and oxygen atoms in total. The van der Waals surface area contributed by atoms with E-state index < -0.39 is 108 Å². The molecule has 12 atom stereocenters. The third-order valence-corrected chi connectivity index (χ3v) is 15.8. The van der Waals surface area contributed by atoms with Crippen LogP contribution in [0.15, 0.2) is 54.6 Å². The normalized spacial score (nSPS) is 17.5. The monoisotopic (exact) mass is 1180 g/mol. The number of nitrogens with zero attached hydrogens (tertiary/aromatic N) is 3. The summed E-state index contributed by atoms with van der Waals surface area (Å²) in [6.45, 7) is 24.8. The number of aliphatic hydroxyl groups is 1. The number of primary amides is 1. The van der Waals surface area contributed by atoms with Gasteiger partial charge in [-0.3, -0.25) is 33.7 Å². The largest absolute Gasteiger partial charge is 0.445 e. The van der Waals surface area contributed by atoms with E-state index in [0.717, 1.165) is 0 Å². The first kappa shape index (κ1) is 71.9. The molecule has 22 heteroatoms. The third kappa shape index (κ3) is 21.3. The summed E-state index contributed by atoms with van der Waals surface area (Å²) >= 11 is 0. The lowest BCUT2D eigenvalue weighted by atomic mass is 9.89. The Morgan fingerprint density at radius 1 is 0.762 bits per heavy atom. The first-order chi connectivity index (χ1) is 39.4. The zero-order chi connectivity index (χ0) is 63.3. The topological polar surface area (TPSA) is 292 Å². The molecule has 0 bridgehead atoms. The van der Waals surface area contributed by atoms with Gasteiger partial charge in [0.1, 0.15) is 24.7 Å². The standard InChI is InChI=1S/C62H102N10O12/c1-18-39(8)52(47(82-16)34-48(73)72-33-23-27-46(72)54(83-17)40(9)55(75)65-41(10)53(74)43-24-20-19-21-25-43)70(14)59(79)50(37(4)5)68-58(78)51(38(6)7)71(15)61(81)84-35-42-28-30-44(31-29-42)66-56(76)45(26-22-32-64-60(63)80)67-57(77)49(36(2)3)69-62(11,12)13/h19-21,24-25,28-31,36-41,45-47,49-54,69,74H,18,22-23,26-27,32-35H2,1-17H3,(H,65,75)(H,66,76)(H,67,77)(H,68,78)(H3,63,64,80)/t39-,40-,41-,45-,46-,47+,49-,50-,51-,52-,53-,54+/m0/s1. The van der Waals surface area contributed by atoms with Gasteiger partial charge in [0.2, 0.25) is 35.4 Å². The second kappa shape index (κ2) is 34.0. The summed E-state index contributed by atoms with van der Waals surface area (Å²) in [6, 6.07) is 9.77. The van der Waals surface area contributed by atoms with Crippen molar-refractivity contribution in [3.8, 4) is 0 Å². The van der Waals surface area contributed by atoms with Crippen molar-refractivity contribution >= 4 is 53.3 Å². The maximum atomic E-state index is 14.8. The van der Waals surface area contributed by atoms with Gasteiger partial charge in [-0.15, -0.1) is 0 Å². The molecule has 1 aliphatic heterocycles. The summed E-state index contributed by atoms with van der Waals surface area (Å²) in [5.74, 6) is -4.03. The first-order valence-corrected chi connectivity index (χ1v) is 29.7. The maximum absolute atomic E-state index is 14.8. The van der Waals surface area contributed by atoms with Gasteiger partial charge in [-0.25, -0.2) is 9.59 Å². The average molecular weight is 1180 g/mol. The molecule has 0 aromatic heterocycles. The van der Waals surface area contributed by atoms with Gasteiger partial charge in [0, 0.05) is 52.6 Å². The van der Waals surface area contributed by atoms with E-state index in [4.69, 9.17) is 19.9 Å². The molecule has 0 unspecified atom stereocenters. The smallest absolute Gasteiger partial charge is 0.410 e. The van der Waals surface area contributed by atoms with Gasteiger partial charge in [0.05, 0.1) is 54.8 Å². The number of likely N-dealkylation sites (tertiary alicyclic amines) is 1. The lowest BCUT2D eigenvalue weighted by Gasteiger charge is -2.41. The van der Waals surface area contributed by atoms with Crippen LogP contribution in [-0.2, 0) is 49.6 Å². The van der Waals surface area contributed by atoms with E-state index in [0.29, 0.717) is 49.0 Å². The van der Waals surface area contributed by atoms with Crippen LogP contribution in [0.5, 0.6) is 0 Å². The lowest BCUT2D eigenvalue weighted by molar-refractivity contribution is -0.148. The molecule has 0 radical (unpaired) electrons. The van der Waals surface area contributed by atoms with Crippen LogP contribution >= 0.6 is 0 Å². The number of hydrogen-bond donors (Lipinski definition) is 8. The SMILES string of the molecule is CC[C@H](C)[C@@H]([C@@H](CC(=O)N1CCC[C@H]1[C@H](OC)[C@H](C)C(=O)N[C@@H](C)[C@H](O)c1ccccc1)OC)N(C)C(=O)[C@@H](NC(=O)[C@H](C(C)C)N(C)C(=O)OCc1ccc(NC(=O)[C@H](CCCNC(N)=O)NC(=O)[C@@H](NC(C)(C)C)C(C)C)cc1)C(C)C. The van der Waals surface area contributed by atoms with Crippen molar-refractivity contribution in [2.75, 3.05) is 46.7 Å². The van der Waals surface area contributed by atoms with Crippen LogP contribution in [0.2, 0.25) is 0 Å². The van der Waals surface area contributed by atoms with Gasteiger partial charge in [-0.1, -0.05) is 111 Å². The summed E-state index contributed by atoms with van der Waals surface area (Å²) in [5, 5.41) is 28.4. The molecule has 9 N–H and O–H groups in total. The van der Waals surface area contributed by atoms with Gasteiger partial charge in [-0.05, 0) is 100 Å². The molecule has 472 valence electrons. The number of methoxy groups -OCH3 is 2. The molecule has 1 fully saturated rings. The molecule has 2 aromatic carbocycles. The van der Waals surface area contributed by atoms with Gasteiger partial charge in [0.15, 0.2) is 0 Å². The van der Waals surface area contributed by atoms with E-state index in [1.165, 1.54) is 26.2 Å².